The Hall–Kier alpha value is -3.93. The number of hydrogen-bond acceptors (Lipinski definition) is 3. The Labute approximate surface area is 223 Å². The zero-order chi connectivity index (χ0) is 27.3. The van der Waals surface area contributed by atoms with Crippen molar-refractivity contribution in [2.75, 3.05) is 0 Å². The normalized spacial score (nSPS) is 17.2. The maximum Gasteiger partial charge on any atom is 0.303 e. The van der Waals surface area contributed by atoms with Crippen LogP contribution in [0.1, 0.15) is 90.5 Å². The molecule has 0 spiro atoms. The van der Waals surface area contributed by atoms with Crippen LogP contribution >= 0.6 is 0 Å². The van der Waals surface area contributed by atoms with E-state index in [0.717, 1.165) is 73.5 Å². The highest BCUT2D eigenvalue weighted by atomic mass is 16.4. The van der Waals surface area contributed by atoms with Crippen molar-refractivity contribution in [3.63, 3.8) is 0 Å². The Kier molecular flexibility index (Phi) is 6.59. The summed E-state index contributed by atoms with van der Waals surface area (Å²) in [6, 6.07) is 8.56. The molecule has 0 amide bonds. The molecule has 3 aromatic rings. The largest absolute Gasteiger partial charge is 0.481 e. The number of aromatic nitrogens is 4. The summed E-state index contributed by atoms with van der Waals surface area (Å²) in [6.45, 7) is 16.8. The van der Waals surface area contributed by atoms with Crippen LogP contribution in [-0.4, -0.2) is 31.0 Å². The van der Waals surface area contributed by atoms with Crippen LogP contribution in [0.4, 0.5) is 0 Å². The van der Waals surface area contributed by atoms with Gasteiger partial charge in [0, 0.05) is 57.3 Å². The molecule has 0 aromatic carbocycles. The molecule has 0 radical (unpaired) electrons. The molecule has 3 N–H and O–H groups in total. The highest BCUT2D eigenvalue weighted by Crippen LogP contribution is 2.42. The van der Waals surface area contributed by atoms with Crippen molar-refractivity contribution in [1.82, 2.24) is 19.9 Å². The first-order valence-corrected chi connectivity index (χ1v) is 13.4. The van der Waals surface area contributed by atoms with Crippen molar-refractivity contribution in [1.29, 1.82) is 0 Å². The lowest BCUT2D eigenvalue weighted by molar-refractivity contribution is -0.137. The molecule has 0 saturated carbocycles. The fourth-order valence-electron chi connectivity index (χ4n) is 5.96. The van der Waals surface area contributed by atoms with Crippen LogP contribution in [0.5, 0.6) is 0 Å². The molecular weight excluding hydrogens is 472 g/mol. The van der Waals surface area contributed by atoms with Gasteiger partial charge in [-0.25, -0.2) is 4.98 Å². The number of hydrogen-bond donors (Lipinski definition) is 3. The highest BCUT2D eigenvalue weighted by molar-refractivity contribution is 5.96. The number of allylic oxidation sites excluding steroid dienone is 3. The lowest BCUT2D eigenvalue weighted by atomic mass is 9.86. The maximum atomic E-state index is 11.5. The molecule has 8 bridgehead atoms. The van der Waals surface area contributed by atoms with Crippen molar-refractivity contribution >= 4 is 39.2 Å². The number of aliphatic carboxylic acids is 1. The van der Waals surface area contributed by atoms with E-state index in [9.17, 15) is 9.90 Å². The first-order valence-electron chi connectivity index (χ1n) is 13.4. The van der Waals surface area contributed by atoms with Gasteiger partial charge >= 0.3 is 5.97 Å². The van der Waals surface area contributed by atoms with Gasteiger partial charge in [-0.05, 0) is 92.6 Å². The fourth-order valence-corrected chi connectivity index (χ4v) is 5.96. The number of fused-ring (bicyclic) bond motifs is 8. The fraction of sp³-hybridized carbons (Fsp3) is 0.344. The van der Waals surface area contributed by atoms with E-state index in [4.69, 9.17) is 9.97 Å². The summed E-state index contributed by atoms with van der Waals surface area (Å²) >= 11 is 0. The lowest BCUT2D eigenvalue weighted by Crippen LogP contribution is -2.07. The molecule has 0 unspecified atom stereocenters. The minimum absolute atomic E-state index is 0.0177. The van der Waals surface area contributed by atoms with Gasteiger partial charge in [0.25, 0.3) is 0 Å². The number of carboxylic acids is 1. The zero-order valence-corrected chi connectivity index (χ0v) is 23.1. The summed E-state index contributed by atoms with van der Waals surface area (Å²) in [5.74, 6) is -0.689. The molecule has 0 fully saturated rings. The highest BCUT2D eigenvalue weighted by Gasteiger charge is 2.31. The van der Waals surface area contributed by atoms with E-state index < -0.39 is 5.97 Å². The second-order valence-electron chi connectivity index (χ2n) is 10.6. The van der Waals surface area contributed by atoms with Crippen LogP contribution in [0.15, 0.2) is 36.9 Å². The van der Waals surface area contributed by atoms with E-state index in [1.165, 1.54) is 11.1 Å². The number of nitrogens with zero attached hydrogens (tertiary/aromatic N) is 2. The molecular formula is C32H36N4O2. The third-order valence-corrected chi connectivity index (χ3v) is 8.35. The second kappa shape index (κ2) is 9.75. The van der Waals surface area contributed by atoms with Crippen molar-refractivity contribution in [2.24, 2.45) is 0 Å². The van der Waals surface area contributed by atoms with Gasteiger partial charge in [-0.15, -0.1) is 0 Å². The zero-order valence-electron chi connectivity index (χ0n) is 23.1. The minimum atomic E-state index is -0.783. The molecule has 0 aliphatic carbocycles. The molecule has 6 heteroatoms. The molecule has 0 saturated heterocycles. The Morgan fingerprint density at radius 2 is 1.68 bits per heavy atom. The average molecular weight is 509 g/mol. The van der Waals surface area contributed by atoms with Crippen molar-refractivity contribution in [2.45, 2.75) is 72.6 Å². The van der Waals surface area contributed by atoms with Crippen LogP contribution in [0.3, 0.4) is 0 Å². The molecule has 6 nitrogen and oxygen atoms in total. The molecule has 2 aliphatic heterocycles. The quantitative estimate of drug-likeness (QED) is 0.329. The molecule has 2 aliphatic rings. The number of H-pyrrole nitrogens is 2. The summed E-state index contributed by atoms with van der Waals surface area (Å²) in [6.07, 6.45) is 3.44. The van der Waals surface area contributed by atoms with Crippen molar-refractivity contribution < 1.29 is 9.90 Å². The molecule has 3 aromatic heterocycles. The Balaban J connectivity index is 1.92. The third kappa shape index (κ3) is 4.28. The Morgan fingerprint density at radius 1 is 0.974 bits per heavy atom. The number of carbonyl (C=O) groups is 1. The average Bonchev–Trinajstić information content (AvgIpc) is 3.57. The Bertz CT molecular complexity index is 1670. The Morgan fingerprint density at radius 3 is 2.37 bits per heavy atom. The summed E-state index contributed by atoms with van der Waals surface area (Å²) in [5, 5.41) is 9.44. The summed E-state index contributed by atoms with van der Waals surface area (Å²) < 4.78 is 0. The van der Waals surface area contributed by atoms with E-state index in [1.807, 2.05) is 6.08 Å². The number of aromatic amines is 2. The smallest absolute Gasteiger partial charge is 0.303 e. The van der Waals surface area contributed by atoms with Gasteiger partial charge < -0.3 is 15.1 Å². The predicted molar refractivity (Wildman–Crippen MR) is 155 cm³/mol. The van der Waals surface area contributed by atoms with E-state index in [2.05, 4.69) is 82.4 Å². The van der Waals surface area contributed by atoms with Crippen LogP contribution in [0.2, 0.25) is 0 Å². The molecule has 196 valence electrons. The van der Waals surface area contributed by atoms with Gasteiger partial charge in [-0.2, -0.15) is 0 Å². The van der Waals surface area contributed by atoms with E-state index in [-0.39, 0.29) is 18.3 Å². The van der Waals surface area contributed by atoms with Gasteiger partial charge in [0.2, 0.25) is 0 Å². The van der Waals surface area contributed by atoms with Gasteiger partial charge in [0.15, 0.2) is 0 Å². The van der Waals surface area contributed by atoms with Crippen LogP contribution in [-0.2, 0) is 11.2 Å². The number of rotatable bonds is 5. The number of nitrogens with one attached hydrogen (secondary N) is 2. The van der Waals surface area contributed by atoms with Gasteiger partial charge in [0.1, 0.15) is 0 Å². The standard InChI is InChI=1S/C32H36N4O2/c1-8-21-18(5)27-15-30-22(9-2)17(4)26(34-30)14-28-19(6)23(10-11-31(37)38)32(36-28)20(7)25-12-16(3)24(33-25)13-29(21)35-27/h9,12-15,19,23,33,35H,2,8,10-11H2,1,3-7H3,(H,37,38)/t19-,23-/m0/s1. The minimum Gasteiger partial charge on any atom is -0.481 e. The number of carboxylic acid groups (broad SMARTS) is 1. The van der Waals surface area contributed by atoms with Gasteiger partial charge in [0.05, 0.1) is 11.4 Å². The van der Waals surface area contributed by atoms with E-state index in [1.54, 1.807) is 0 Å². The lowest BCUT2D eigenvalue weighted by Gasteiger charge is -2.16. The maximum absolute atomic E-state index is 11.5. The summed E-state index contributed by atoms with van der Waals surface area (Å²) in [7, 11) is 0. The van der Waals surface area contributed by atoms with Crippen LogP contribution in [0, 0.1) is 20.8 Å². The molecule has 2 atom stereocenters. The van der Waals surface area contributed by atoms with Gasteiger partial charge in [-0.1, -0.05) is 26.5 Å². The second-order valence-corrected chi connectivity index (χ2v) is 10.6. The van der Waals surface area contributed by atoms with Crippen molar-refractivity contribution in [3.8, 4) is 0 Å². The molecule has 5 rings (SSSR count). The third-order valence-electron chi connectivity index (χ3n) is 8.35. The SMILES string of the molecule is C=CC1=C(C)c2cc3nc(c(C)c4cc(C)c(cc5[nH]c(cc1n2)c(C)c5CC)[nH]4)[C@@H](CCC(=O)O)[C@@H]3C. The summed E-state index contributed by atoms with van der Waals surface area (Å²) in [4.78, 5) is 28.9. The van der Waals surface area contributed by atoms with E-state index >= 15 is 0 Å². The first kappa shape index (κ1) is 25.7. The van der Waals surface area contributed by atoms with E-state index in [0.29, 0.717) is 6.42 Å². The van der Waals surface area contributed by atoms with Gasteiger partial charge in [-0.3, -0.25) is 9.78 Å². The van der Waals surface area contributed by atoms with Crippen LogP contribution in [0.25, 0.3) is 33.2 Å². The molecule has 38 heavy (non-hydrogen) atoms. The topological polar surface area (TPSA) is 94.7 Å². The van der Waals surface area contributed by atoms with Crippen molar-refractivity contribution in [3.05, 3.63) is 81.9 Å². The first-order chi connectivity index (χ1) is 18.1. The predicted octanol–water partition coefficient (Wildman–Crippen LogP) is 7.67. The van der Waals surface area contributed by atoms with Crippen LogP contribution < -0.4 is 0 Å². The summed E-state index contributed by atoms with van der Waals surface area (Å²) in [5.41, 5.74) is 14.7. The molecule has 5 heterocycles. The monoisotopic (exact) mass is 508 g/mol. The number of aryl methyl sites for hydroxylation is 4.